The number of aryl methyl sites for hydroxylation is 1. The normalized spacial score (nSPS) is 13.1. The molecule has 0 bridgehead atoms. The second-order valence-corrected chi connectivity index (χ2v) is 7.41. The average Bonchev–Trinajstić information content (AvgIpc) is 2.47. The third-order valence-corrected chi connectivity index (χ3v) is 5.43. The van der Waals surface area contributed by atoms with E-state index in [1.165, 1.54) is 17.7 Å². The minimum absolute atomic E-state index is 0.125. The lowest BCUT2D eigenvalue weighted by molar-refractivity contribution is 0.589. The highest BCUT2D eigenvalue weighted by Gasteiger charge is 2.19. The van der Waals surface area contributed by atoms with Crippen LogP contribution in [-0.4, -0.2) is 14.2 Å². The maximum Gasteiger partial charge on any atom is 0.180 e. The molecule has 2 aromatic rings. The molecule has 0 heterocycles. The minimum Gasteiger partial charge on any atom is -0.323 e. The third-order valence-electron chi connectivity index (χ3n) is 3.39. The van der Waals surface area contributed by atoms with E-state index < -0.39 is 15.9 Å². The van der Waals surface area contributed by atoms with Crippen molar-refractivity contribution in [2.24, 2.45) is 5.73 Å². The molecule has 1 atom stereocenters. The van der Waals surface area contributed by atoms with Crippen LogP contribution in [-0.2, 0) is 16.3 Å². The first-order valence-electron chi connectivity index (χ1n) is 6.75. The van der Waals surface area contributed by atoms with Crippen molar-refractivity contribution in [1.29, 1.82) is 0 Å². The van der Waals surface area contributed by atoms with E-state index in [9.17, 15) is 8.42 Å². The molecule has 0 spiro atoms. The van der Waals surface area contributed by atoms with Crippen molar-refractivity contribution in [2.75, 3.05) is 5.75 Å². The topological polar surface area (TPSA) is 60.2 Å². The van der Waals surface area contributed by atoms with Crippen LogP contribution in [0.4, 0.5) is 0 Å². The summed E-state index contributed by atoms with van der Waals surface area (Å²) in [5.41, 5.74) is 8.06. The van der Waals surface area contributed by atoms with Gasteiger partial charge in [0.1, 0.15) is 0 Å². The number of hydrogen-bond acceptors (Lipinski definition) is 3. The van der Waals surface area contributed by atoms with E-state index >= 15 is 0 Å². The first kappa shape index (κ1) is 16.0. The summed E-state index contributed by atoms with van der Waals surface area (Å²) in [6.07, 6.45) is 0.943. The maximum atomic E-state index is 12.3. The van der Waals surface area contributed by atoms with Crippen molar-refractivity contribution >= 4 is 21.4 Å². The molecule has 0 fully saturated rings. The van der Waals surface area contributed by atoms with Crippen molar-refractivity contribution in [3.05, 3.63) is 64.7 Å². The molecule has 21 heavy (non-hydrogen) atoms. The van der Waals surface area contributed by atoms with E-state index in [0.29, 0.717) is 5.02 Å². The second kappa shape index (κ2) is 6.60. The van der Waals surface area contributed by atoms with Gasteiger partial charge in [0.15, 0.2) is 9.84 Å². The Bertz CT molecular complexity index is 694. The standard InChI is InChI=1S/C16H18ClNO2S/c1-2-12-3-5-13(6-4-12)16(18)11-21(19,20)15-9-7-14(17)8-10-15/h3-10,16H,2,11,18H2,1H3. The fourth-order valence-electron chi connectivity index (χ4n) is 2.07. The lowest BCUT2D eigenvalue weighted by Crippen LogP contribution is -2.21. The fraction of sp³-hybridized carbons (Fsp3) is 0.250. The Kier molecular flexibility index (Phi) is 5.04. The molecular weight excluding hydrogens is 306 g/mol. The molecular formula is C16H18ClNO2S. The molecule has 0 amide bonds. The zero-order chi connectivity index (χ0) is 15.5. The van der Waals surface area contributed by atoms with Gasteiger partial charge in [-0.1, -0.05) is 42.8 Å². The van der Waals surface area contributed by atoms with E-state index in [2.05, 4.69) is 6.92 Å². The minimum atomic E-state index is -3.42. The first-order chi connectivity index (χ1) is 9.92. The predicted molar refractivity (Wildman–Crippen MR) is 86.3 cm³/mol. The van der Waals surface area contributed by atoms with E-state index in [0.717, 1.165) is 12.0 Å². The molecule has 1 unspecified atom stereocenters. The largest absolute Gasteiger partial charge is 0.323 e. The van der Waals surface area contributed by atoms with Gasteiger partial charge in [-0.05, 0) is 41.8 Å². The van der Waals surface area contributed by atoms with Crippen LogP contribution in [0.5, 0.6) is 0 Å². The fourth-order valence-corrected chi connectivity index (χ4v) is 3.61. The molecule has 0 aromatic heterocycles. The van der Waals surface area contributed by atoms with Crippen LogP contribution in [0.1, 0.15) is 24.1 Å². The maximum absolute atomic E-state index is 12.3. The Morgan fingerprint density at radius 2 is 1.62 bits per heavy atom. The number of sulfone groups is 1. The van der Waals surface area contributed by atoms with E-state index in [1.807, 2.05) is 24.3 Å². The van der Waals surface area contributed by atoms with Gasteiger partial charge >= 0.3 is 0 Å². The smallest absolute Gasteiger partial charge is 0.180 e. The quantitative estimate of drug-likeness (QED) is 0.917. The summed E-state index contributed by atoms with van der Waals surface area (Å²) in [5.74, 6) is -0.125. The Balaban J connectivity index is 2.17. The van der Waals surface area contributed by atoms with Gasteiger partial charge in [0, 0.05) is 11.1 Å². The molecule has 0 saturated heterocycles. The Labute approximate surface area is 130 Å². The van der Waals surface area contributed by atoms with E-state index in [1.54, 1.807) is 12.1 Å². The molecule has 0 saturated carbocycles. The Morgan fingerprint density at radius 1 is 1.05 bits per heavy atom. The molecule has 0 radical (unpaired) electrons. The number of nitrogens with two attached hydrogens (primary N) is 1. The summed E-state index contributed by atoms with van der Waals surface area (Å²) < 4.78 is 24.7. The van der Waals surface area contributed by atoms with Crippen LogP contribution in [0.3, 0.4) is 0 Å². The van der Waals surface area contributed by atoms with Crippen LogP contribution in [0, 0.1) is 0 Å². The van der Waals surface area contributed by atoms with Crippen molar-refractivity contribution in [1.82, 2.24) is 0 Å². The number of rotatable bonds is 5. The number of benzene rings is 2. The predicted octanol–water partition coefficient (Wildman–Crippen LogP) is 3.38. The van der Waals surface area contributed by atoms with Gasteiger partial charge < -0.3 is 5.73 Å². The van der Waals surface area contributed by atoms with Crippen molar-refractivity contribution < 1.29 is 8.42 Å². The van der Waals surface area contributed by atoms with Gasteiger partial charge in [-0.25, -0.2) is 8.42 Å². The van der Waals surface area contributed by atoms with Crippen LogP contribution in [0.25, 0.3) is 0 Å². The highest BCUT2D eigenvalue weighted by atomic mass is 35.5. The highest BCUT2D eigenvalue weighted by Crippen LogP contribution is 2.20. The van der Waals surface area contributed by atoms with Gasteiger partial charge in [0.05, 0.1) is 10.6 Å². The first-order valence-corrected chi connectivity index (χ1v) is 8.78. The summed E-state index contributed by atoms with van der Waals surface area (Å²) in [6.45, 7) is 2.07. The second-order valence-electron chi connectivity index (χ2n) is 4.94. The summed E-state index contributed by atoms with van der Waals surface area (Å²) in [6, 6.07) is 13.3. The van der Waals surface area contributed by atoms with Crippen LogP contribution in [0.15, 0.2) is 53.4 Å². The molecule has 0 aliphatic heterocycles. The zero-order valence-corrected chi connectivity index (χ0v) is 13.4. The van der Waals surface area contributed by atoms with Crippen LogP contribution >= 0.6 is 11.6 Å². The summed E-state index contributed by atoms with van der Waals surface area (Å²) in [5, 5.41) is 0.508. The molecule has 2 N–H and O–H groups in total. The molecule has 2 rings (SSSR count). The molecule has 112 valence electrons. The monoisotopic (exact) mass is 323 g/mol. The molecule has 0 aliphatic carbocycles. The summed E-state index contributed by atoms with van der Waals surface area (Å²) >= 11 is 5.77. The van der Waals surface area contributed by atoms with Gasteiger partial charge in [0.25, 0.3) is 0 Å². The molecule has 2 aromatic carbocycles. The highest BCUT2D eigenvalue weighted by molar-refractivity contribution is 7.91. The number of halogens is 1. The molecule has 5 heteroatoms. The van der Waals surface area contributed by atoms with E-state index in [4.69, 9.17) is 17.3 Å². The van der Waals surface area contributed by atoms with E-state index in [-0.39, 0.29) is 10.6 Å². The SMILES string of the molecule is CCc1ccc(C(N)CS(=O)(=O)c2ccc(Cl)cc2)cc1. The Morgan fingerprint density at radius 3 is 2.14 bits per heavy atom. The van der Waals surface area contributed by atoms with Crippen LogP contribution in [0.2, 0.25) is 5.02 Å². The number of hydrogen-bond donors (Lipinski definition) is 1. The third kappa shape index (κ3) is 4.06. The molecule has 3 nitrogen and oxygen atoms in total. The summed E-state index contributed by atoms with van der Waals surface area (Å²) in [4.78, 5) is 0.243. The Hall–Kier alpha value is -1.36. The van der Waals surface area contributed by atoms with Crippen molar-refractivity contribution in [3.63, 3.8) is 0 Å². The van der Waals surface area contributed by atoms with Gasteiger partial charge in [-0.15, -0.1) is 0 Å². The molecule has 0 aliphatic rings. The lowest BCUT2D eigenvalue weighted by atomic mass is 10.1. The zero-order valence-electron chi connectivity index (χ0n) is 11.8. The van der Waals surface area contributed by atoms with Crippen LogP contribution < -0.4 is 5.73 Å². The van der Waals surface area contributed by atoms with Gasteiger partial charge in [-0.2, -0.15) is 0 Å². The van der Waals surface area contributed by atoms with Crippen molar-refractivity contribution in [3.8, 4) is 0 Å². The van der Waals surface area contributed by atoms with Crippen molar-refractivity contribution in [2.45, 2.75) is 24.3 Å². The van der Waals surface area contributed by atoms with Gasteiger partial charge in [-0.3, -0.25) is 0 Å². The summed E-state index contributed by atoms with van der Waals surface area (Å²) in [7, 11) is -3.42. The average molecular weight is 324 g/mol. The lowest BCUT2D eigenvalue weighted by Gasteiger charge is -2.13. The van der Waals surface area contributed by atoms with Gasteiger partial charge in [0.2, 0.25) is 0 Å².